The zero-order valence-electron chi connectivity index (χ0n) is 19.1. The van der Waals surface area contributed by atoms with Crippen LogP contribution in [-0.2, 0) is 21.2 Å². The standard InChI is InChI=1S/C27H24ClN3O3S/c1-20-7-10-23(28)18-26(20)31(35(33,34)25-5-3-2-4-6-25)19-27(32)30-24-11-8-21(9-12-24)17-22-13-15-29-16-14-22/h2-16,18H,17,19H2,1H3,(H,30,32). The van der Waals surface area contributed by atoms with Gasteiger partial charge in [0.25, 0.3) is 10.0 Å². The van der Waals surface area contributed by atoms with Crippen LogP contribution in [0.1, 0.15) is 16.7 Å². The number of amides is 1. The Morgan fingerprint density at radius 2 is 1.57 bits per heavy atom. The Kier molecular flexibility index (Phi) is 7.48. The molecule has 1 amide bonds. The fourth-order valence-electron chi connectivity index (χ4n) is 3.64. The van der Waals surface area contributed by atoms with Gasteiger partial charge in [-0.3, -0.25) is 14.1 Å². The van der Waals surface area contributed by atoms with Crippen molar-refractivity contribution in [2.45, 2.75) is 18.2 Å². The molecule has 0 aliphatic heterocycles. The summed E-state index contributed by atoms with van der Waals surface area (Å²) in [6.07, 6.45) is 4.25. The molecule has 178 valence electrons. The van der Waals surface area contributed by atoms with Gasteiger partial charge in [-0.1, -0.05) is 48.0 Å². The molecule has 1 heterocycles. The Morgan fingerprint density at radius 3 is 2.26 bits per heavy atom. The van der Waals surface area contributed by atoms with Gasteiger partial charge in [-0.2, -0.15) is 0 Å². The highest BCUT2D eigenvalue weighted by Gasteiger charge is 2.28. The van der Waals surface area contributed by atoms with Crippen LogP contribution < -0.4 is 9.62 Å². The maximum atomic E-state index is 13.5. The molecular formula is C27H24ClN3O3S. The maximum Gasteiger partial charge on any atom is 0.264 e. The predicted octanol–water partition coefficient (Wildman–Crippen LogP) is 5.47. The third-order valence-corrected chi connectivity index (χ3v) is 7.46. The number of rotatable bonds is 8. The van der Waals surface area contributed by atoms with E-state index in [-0.39, 0.29) is 4.90 Å². The van der Waals surface area contributed by atoms with Gasteiger partial charge >= 0.3 is 0 Å². The van der Waals surface area contributed by atoms with E-state index in [0.29, 0.717) is 22.0 Å². The van der Waals surface area contributed by atoms with Crippen molar-refractivity contribution in [2.75, 3.05) is 16.2 Å². The topological polar surface area (TPSA) is 79.4 Å². The number of hydrogen-bond donors (Lipinski definition) is 1. The van der Waals surface area contributed by atoms with E-state index in [1.165, 1.54) is 12.1 Å². The quantitative estimate of drug-likeness (QED) is 0.344. The molecule has 6 nitrogen and oxygen atoms in total. The summed E-state index contributed by atoms with van der Waals surface area (Å²) >= 11 is 6.17. The molecule has 0 radical (unpaired) electrons. The molecule has 0 aliphatic rings. The Hall–Kier alpha value is -3.68. The van der Waals surface area contributed by atoms with Gasteiger partial charge in [-0.15, -0.1) is 0 Å². The first-order valence-corrected chi connectivity index (χ1v) is 12.8. The highest BCUT2D eigenvalue weighted by atomic mass is 35.5. The zero-order chi connectivity index (χ0) is 24.8. The van der Waals surface area contributed by atoms with Gasteiger partial charge < -0.3 is 5.32 Å². The van der Waals surface area contributed by atoms with Crippen molar-refractivity contribution in [1.82, 2.24) is 4.98 Å². The molecule has 4 rings (SSSR count). The van der Waals surface area contributed by atoms with Crippen molar-refractivity contribution in [2.24, 2.45) is 0 Å². The molecule has 8 heteroatoms. The summed E-state index contributed by atoms with van der Waals surface area (Å²) in [6, 6.07) is 24.3. The average molecular weight is 506 g/mol. The second-order valence-corrected chi connectivity index (χ2v) is 10.3. The second kappa shape index (κ2) is 10.7. The Balaban J connectivity index is 1.55. The number of benzene rings is 3. The van der Waals surface area contributed by atoms with E-state index in [9.17, 15) is 13.2 Å². The number of hydrogen-bond acceptors (Lipinski definition) is 4. The lowest BCUT2D eigenvalue weighted by molar-refractivity contribution is -0.114. The number of nitrogens with one attached hydrogen (secondary N) is 1. The van der Waals surface area contributed by atoms with Crippen LogP contribution in [0.2, 0.25) is 5.02 Å². The van der Waals surface area contributed by atoms with Crippen LogP contribution in [0.25, 0.3) is 0 Å². The molecule has 0 atom stereocenters. The lowest BCUT2D eigenvalue weighted by Crippen LogP contribution is -2.38. The predicted molar refractivity (Wildman–Crippen MR) is 139 cm³/mol. The second-order valence-electron chi connectivity index (χ2n) is 8.03. The molecule has 0 bridgehead atoms. The Bertz CT molecular complexity index is 1410. The monoisotopic (exact) mass is 505 g/mol. The van der Waals surface area contributed by atoms with Gasteiger partial charge in [0.15, 0.2) is 0 Å². The molecular weight excluding hydrogens is 482 g/mol. The van der Waals surface area contributed by atoms with Crippen molar-refractivity contribution in [3.05, 3.63) is 119 Å². The summed E-state index contributed by atoms with van der Waals surface area (Å²) < 4.78 is 28.1. The highest BCUT2D eigenvalue weighted by Crippen LogP contribution is 2.29. The molecule has 0 saturated heterocycles. The lowest BCUT2D eigenvalue weighted by atomic mass is 10.1. The van der Waals surface area contributed by atoms with E-state index >= 15 is 0 Å². The third kappa shape index (κ3) is 6.07. The fourth-order valence-corrected chi connectivity index (χ4v) is 5.31. The fraction of sp³-hybridized carbons (Fsp3) is 0.111. The van der Waals surface area contributed by atoms with E-state index in [1.54, 1.807) is 67.8 Å². The van der Waals surface area contributed by atoms with Crippen LogP contribution in [0.4, 0.5) is 11.4 Å². The summed E-state index contributed by atoms with van der Waals surface area (Å²) in [7, 11) is -4.01. The van der Waals surface area contributed by atoms with E-state index < -0.39 is 22.5 Å². The van der Waals surface area contributed by atoms with Gasteiger partial charge in [-0.25, -0.2) is 8.42 Å². The number of sulfonamides is 1. The first-order valence-electron chi connectivity index (χ1n) is 10.9. The van der Waals surface area contributed by atoms with Gasteiger partial charge in [0.05, 0.1) is 10.6 Å². The minimum atomic E-state index is -4.01. The van der Waals surface area contributed by atoms with E-state index in [2.05, 4.69) is 10.3 Å². The van der Waals surface area contributed by atoms with Crippen LogP contribution >= 0.6 is 11.6 Å². The summed E-state index contributed by atoms with van der Waals surface area (Å²) in [6.45, 7) is 1.37. The summed E-state index contributed by atoms with van der Waals surface area (Å²) in [5.41, 5.74) is 3.83. The summed E-state index contributed by atoms with van der Waals surface area (Å²) in [4.78, 5) is 17.1. The molecule has 1 aromatic heterocycles. The van der Waals surface area contributed by atoms with Crippen LogP contribution in [0.5, 0.6) is 0 Å². The molecule has 0 aliphatic carbocycles. The smallest absolute Gasteiger partial charge is 0.264 e. The highest BCUT2D eigenvalue weighted by molar-refractivity contribution is 7.92. The molecule has 4 aromatic rings. The maximum absolute atomic E-state index is 13.5. The van der Waals surface area contributed by atoms with Crippen molar-refractivity contribution in [1.29, 1.82) is 0 Å². The van der Waals surface area contributed by atoms with Crippen molar-refractivity contribution in [3.63, 3.8) is 0 Å². The molecule has 3 aromatic carbocycles. The number of pyridine rings is 1. The zero-order valence-corrected chi connectivity index (χ0v) is 20.6. The first kappa shape index (κ1) is 24.4. The van der Waals surface area contributed by atoms with Gasteiger partial charge in [0.1, 0.15) is 6.54 Å². The Labute approximate surface area is 210 Å². The number of nitrogens with zero attached hydrogens (tertiary/aromatic N) is 2. The SMILES string of the molecule is Cc1ccc(Cl)cc1N(CC(=O)Nc1ccc(Cc2ccncc2)cc1)S(=O)(=O)c1ccccc1. The lowest BCUT2D eigenvalue weighted by Gasteiger charge is -2.26. The minimum Gasteiger partial charge on any atom is -0.325 e. The van der Waals surface area contributed by atoms with Crippen LogP contribution in [0.3, 0.4) is 0 Å². The molecule has 35 heavy (non-hydrogen) atoms. The Morgan fingerprint density at radius 1 is 0.914 bits per heavy atom. The normalized spacial score (nSPS) is 11.1. The largest absolute Gasteiger partial charge is 0.325 e. The minimum absolute atomic E-state index is 0.0904. The third-order valence-electron chi connectivity index (χ3n) is 5.45. The number of aromatic nitrogens is 1. The van der Waals surface area contributed by atoms with Crippen molar-refractivity contribution in [3.8, 4) is 0 Å². The molecule has 0 spiro atoms. The van der Waals surface area contributed by atoms with Gasteiger partial charge in [0.2, 0.25) is 5.91 Å². The molecule has 0 saturated carbocycles. The van der Waals surface area contributed by atoms with Crippen molar-refractivity contribution >= 4 is 38.9 Å². The number of anilines is 2. The molecule has 1 N–H and O–H groups in total. The van der Waals surface area contributed by atoms with E-state index in [0.717, 1.165) is 21.9 Å². The van der Waals surface area contributed by atoms with Crippen molar-refractivity contribution < 1.29 is 13.2 Å². The van der Waals surface area contributed by atoms with Gasteiger partial charge in [-0.05, 0) is 78.6 Å². The molecule has 0 fully saturated rings. The number of aryl methyl sites for hydroxylation is 1. The average Bonchev–Trinajstić information content (AvgIpc) is 2.86. The van der Waals surface area contributed by atoms with E-state index in [1.807, 2.05) is 24.3 Å². The van der Waals surface area contributed by atoms with E-state index in [4.69, 9.17) is 11.6 Å². The molecule has 0 unspecified atom stereocenters. The van der Waals surface area contributed by atoms with Gasteiger partial charge in [0, 0.05) is 23.1 Å². The number of carbonyl (C=O) groups is 1. The first-order chi connectivity index (χ1) is 16.8. The number of carbonyl (C=O) groups excluding carboxylic acids is 1. The summed E-state index contributed by atoms with van der Waals surface area (Å²) in [5.74, 6) is -0.467. The van der Waals surface area contributed by atoms with Crippen LogP contribution in [-0.4, -0.2) is 25.9 Å². The van der Waals surface area contributed by atoms with Crippen LogP contribution in [0.15, 0.2) is 102 Å². The number of halogens is 1. The summed E-state index contributed by atoms with van der Waals surface area (Å²) in [5, 5.41) is 3.18. The van der Waals surface area contributed by atoms with Crippen LogP contribution in [0, 0.1) is 6.92 Å².